The van der Waals surface area contributed by atoms with E-state index in [-0.39, 0.29) is 13.2 Å². The van der Waals surface area contributed by atoms with Gasteiger partial charge >= 0.3 is 0 Å². The summed E-state index contributed by atoms with van der Waals surface area (Å²) in [6.07, 6.45) is -3.40. The Balaban J connectivity index is 2.66. The van der Waals surface area contributed by atoms with E-state index in [4.69, 9.17) is 16.9 Å². The zero-order chi connectivity index (χ0) is 16.1. The van der Waals surface area contributed by atoms with Crippen molar-refractivity contribution < 1.29 is 16.7 Å². The molecule has 0 aliphatic heterocycles. The van der Waals surface area contributed by atoms with Crippen LogP contribution in [-0.2, 0) is 11.3 Å². The predicted octanol–water partition coefficient (Wildman–Crippen LogP) is 2.26. The minimum atomic E-state index is -3.03. The van der Waals surface area contributed by atoms with Crippen LogP contribution in [0, 0.1) is 11.3 Å². The van der Waals surface area contributed by atoms with E-state index in [1.165, 1.54) is 6.07 Å². The molecule has 0 saturated carbocycles. The van der Waals surface area contributed by atoms with Crippen LogP contribution < -0.4 is 0 Å². The van der Waals surface area contributed by atoms with E-state index in [1.54, 1.807) is 0 Å². The maximum Gasteiger partial charge on any atom is 0.0771 e. The second kappa shape index (κ2) is 6.26. The van der Waals surface area contributed by atoms with Gasteiger partial charge in [-0.15, -0.1) is 0 Å². The van der Waals surface area contributed by atoms with Crippen LogP contribution in [0.25, 0.3) is 0 Å². The molecule has 86 valence electrons. The van der Waals surface area contributed by atoms with Crippen molar-refractivity contribution in [3.05, 3.63) is 35.9 Å². The quantitative estimate of drug-likeness (QED) is 0.754. The molecular formula is C13H17NO2. The van der Waals surface area contributed by atoms with Gasteiger partial charge in [0.05, 0.1) is 24.7 Å². The van der Waals surface area contributed by atoms with Crippen LogP contribution in [0.4, 0.5) is 0 Å². The topological polar surface area (TPSA) is 53.2 Å². The van der Waals surface area contributed by atoms with E-state index in [1.807, 2.05) is 30.3 Å². The first-order valence-electron chi connectivity index (χ1n) is 7.39. The summed E-state index contributed by atoms with van der Waals surface area (Å²) in [5.74, 6) is 0. The number of ether oxygens (including phenoxy) is 1. The van der Waals surface area contributed by atoms with Crippen LogP contribution in [0.2, 0.25) is 0 Å². The van der Waals surface area contributed by atoms with E-state index < -0.39 is 25.2 Å². The van der Waals surface area contributed by atoms with Crippen molar-refractivity contribution in [1.82, 2.24) is 0 Å². The number of rotatable bonds is 6. The molecule has 1 rings (SSSR count). The van der Waals surface area contributed by atoms with Gasteiger partial charge in [0.1, 0.15) is 0 Å². The largest absolute Gasteiger partial charge is 0.389 e. The number of benzene rings is 1. The maximum absolute atomic E-state index is 10.1. The molecule has 0 aromatic heterocycles. The fraction of sp³-hybridized carbons (Fsp3) is 0.462. The normalized spacial score (nSPS) is 20.4. The summed E-state index contributed by atoms with van der Waals surface area (Å²) in [5, 5.41) is 18.9. The molecule has 1 atom stereocenters. The summed E-state index contributed by atoms with van der Waals surface area (Å²) in [4.78, 5) is 0. The number of hydrogen-bond acceptors (Lipinski definition) is 3. The van der Waals surface area contributed by atoms with E-state index in [0.717, 1.165) is 5.56 Å². The monoisotopic (exact) mass is 224 g/mol. The van der Waals surface area contributed by atoms with Gasteiger partial charge in [-0.25, -0.2) is 0 Å². The van der Waals surface area contributed by atoms with Crippen LogP contribution in [0.5, 0.6) is 0 Å². The fourth-order valence-electron chi connectivity index (χ4n) is 1.14. The van der Waals surface area contributed by atoms with Crippen molar-refractivity contribution >= 4 is 0 Å². The van der Waals surface area contributed by atoms with E-state index in [9.17, 15) is 5.11 Å². The van der Waals surface area contributed by atoms with Gasteiger partial charge in [-0.1, -0.05) is 30.3 Å². The second-order valence-electron chi connectivity index (χ2n) is 3.39. The minimum absolute atomic E-state index is 0.176. The molecule has 0 aliphatic carbocycles. The zero-order valence-corrected chi connectivity index (χ0v) is 8.81. The third-order valence-corrected chi connectivity index (χ3v) is 1.98. The molecule has 1 unspecified atom stereocenters. The summed E-state index contributed by atoms with van der Waals surface area (Å²) in [7, 11) is 0. The predicted molar refractivity (Wildman–Crippen MR) is 61.6 cm³/mol. The van der Waals surface area contributed by atoms with Crippen molar-refractivity contribution in [3.63, 3.8) is 0 Å². The molecule has 0 fully saturated rings. The van der Waals surface area contributed by atoms with Gasteiger partial charge in [0.25, 0.3) is 0 Å². The molecule has 0 heterocycles. The summed E-state index contributed by atoms with van der Waals surface area (Å²) in [6.45, 7) is -2.99. The molecule has 0 spiro atoms. The first-order valence-corrected chi connectivity index (χ1v) is 4.89. The third kappa shape index (κ3) is 4.92. The van der Waals surface area contributed by atoms with Crippen LogP contribution in [0.1, 0.15) is 32.1 Å². The lowest BCUT2D eigenvalue weighted by Gasteiger charge is -2.19. The van der Waals surface area contributed by atoms with Crippen molar-refractivity contribution in [1.29, 1.82) is 5.26 Å². The number of nitriles is 1. The summed E-state index contributed by atoms with van der Waals surface area (Å²) >= 11 is 0. The van der Waals surface area contributed by atoms with E-state index >= 15 is 0 Å². The molecule has 0 bridgehead atoms. The van der Waals surface area contributed by atoms with Crippen LogP contribution in [0.3, 0.4) is 0 Å². The minimum Gasteiger partial charge on any atom is -0.389 e. The maximum atomic E-state index is 10.1. The van der Waals surface area contributed by atoms with Crippen molar-refractivity contribution in [3.8, 4) is 6.07 Å². The molecule has 0 saturated heterocycles. The van der Waals surface area contributed by atoms with Gasteiger partial charge in [-0.3, -0.25) is 0 Å². The Morgan fingerprint density at radius 3 is 2.94 bits per heavy atom. The standard InChI is InChI=1S/C13H17NO2/c1-13(15,7-9-14)8-10-16-11-12-5-3-2-4-6-12/h2-6,15H,7-8,10-11H2,1H3/i1D3,7D2. The zero-order valence-electron chi connectivity index (χ0n) is 13.8. The van der Waals surface area contributed by atoms with Crippen LogP contribution in [-0.4, -0.2) is 17.3 Å². The van der Waals surface area contributed by atoms with Gasteiger partial charge < -0.3 is 9.84 Å². The van der Waals surface area contributed by atoms with Crippen molar-refractivity contribution in [2.24, 2.45) is 0 Å². The highest BCUT2D eigenvalue weighted by molar-refractivity contribution is 5.13. The van der Waals surface area contributed by atoms with Gasteiger partial charge in [0.15, 0.2) is 0 Å². The number of nitrogens with zero attached hydrogens (tertiary/aromatic N) is 1. The molecule has 0 aliphatic rings. The average Bonchev–Trinajstić information content (AvgIpc) is 2.43. The Bertz CT molecular complexity index is 498. The first kappa shape index (κ1) is 7.05. The van der Waals surface area contributed by atoms with Gasteiger partial charge in [-0.2, -0.15) is 5.26 Å². The molecular weight excluding hydrogens is 202 g/mol. The van der Waals surface area contributed by atoms with E-state index in [2.05, 4.69) is 0 Å². The Labute approximate surface area is 103 Å². The highest BCUT2D eigenvalue weighted by atomic mass is 16.5. The smallest absolute Gasteiger partial charge is 0.0771 e. The lowest BCUT2D eigenvalue weighted by molar-refractivity contribution is 0.0137. The lowest BCUT2D eigenvalue weighted by atomic mass is 10.00. The Morgan fingerprint density at radius 1 is 1.56 bits per heavy atom. The highest BCUT2D eigenvalue weighted by Crippen LogP contribution is 2.13. The summed E-state index contributed by atoms with van der Waals surface area (Å²) in [6, 6.07) is 10.4. The molecule has 0 radical (unpaired) electrons. The molecule has 3 nitrogen and oxygen atoms in total. The Hall–Kier alpha value is -1.37. The highest BCUT2D eigenvalue weighted by Gasteiger charge is 2.19. The number of aliphatic hydroxyl groups is 1. The van der Waals surface area contributed by atoms with Crippen LogP contribution >= 0.6 is 0 Å². The molecule has 16 heavy (non-hydrogen) atoms. The molecule has 1 N–H and O–H groups in total. The summed E-state index contributed by atoms with van der Waals surface area (Å²) in [5.41, 5.74) is -1.90. The second-order valence-corrected chi connectivity index (χ2v) is 3.39. The fourth-order valence-corrected chi connectivity index (χ4v) is 1.14. The number of hydrogen-bond donors (Lipinski definition) is 1. The van der Waals surface area contributed by atoms with E-state index in [0.29, 0.717) is 0 Å². The first-order chi connectivity index (χ1) is 9.64. The molecule has 1 aromatic rings. The van der Waals surface area contributed by atoms with Crippen molar-refractivity contribution in [2.45, 2.75) is 31.9 Å². The molecule has 1 aromatic carbocycles. The Kier molecular flexibility index (Phi) is 2.76. The molecule has 3 heteroatoms. The van der Waals surface area contributed by atoms with Crippen molar-refractivity contribution in [2.75, 3.05) is 6.61 Å². The Morgan fingerprint density at radius 2 is 2.31 bits per heavy atom. The van der Waals surface area contributed by atoms with Crippen LogP contribution in [0.15, 0.2) is 30.3 Å². The van der Waals surface area contributed by atoms with Gasteiger partial charge in [-0.05, 0) is 12.4 Å². The average molecular weight is 224 g/mol. The van der Waals surface area contributed by atoms with Gasteiger partial charge in [0, 0.05) is 19.9 Å². The third-order valence-electron chi connectivity index (χ3n) is 1.98. The van der Waals surface area contributed by atoms with Gasteiger partial charge in [0.2, 0.25) is 0 Å². The summed E-state index contributed by atoms with van der Waals surface area (Å²) < 4.78 is 42.0. The molecule has 0 amide bonds. The SMILES string of the molecule is [2H]C([2H])([2H])C(O)(CCOCc1ccccc1)C([2H])([2H])C#N. The lowest BCUT2D eigenvalue weighted by Crippen LogP contribution is -2.25.